The molecule has 4 atom stereocenters. The molecule has 5 nitrogen and oxygen atoms in total. The number of aromatic nitrogens is 1. The van der Waals surface area contributed by atoms with E-state index in [4.69, 9.17) is 4.74 Å². The van der Waals surface area contributed by atoms with Crippen LogP contribution in [0.3, 0.4) is 0 Å². The van der Waals surface area contributed by atoms with Crippen molar-refractivity contribution >= 4 is 11.8 Å². The highest BCUT2D eigenvalue weighted by molar-refractivity contribution is 7.99. The summed E-state index contributed by atoms with van der Waals surface area (Å²) in [4.78, 5) is 4.06. The van der Waals surface area contributed by atoms with E-state index in [1.807, 2.05) is 0 Å². The van der Waals surface area contributed by atoms with E-state index in [-0.39, 0.29) is 11.6 Å². The predicted octanol–water partition coefficient (Wildman–Crippen LogP) is 1.42. The van der Waals surface area contributed by atoms with Crippen molar-refractivity contribution in [3.8, 4) is 16.9 Å². The quantitative estimate of drug-likeness (QED) is 0.786. The van der Waals surface area contributed by atoms with Crippen molar-refractivity contribution in [2.45, 2.75) is 23.7 Å². The second-order valence-electron chi connectivity index (χ2n) is 5.29. The van der Waals surface area contributed by atoms with Crippen LogP contribution in [0.1, 0.15) is 0 Å². The fraction of sp³-hybridized carbons (Fsp3) is 0.312. The summed E-state index contributed by atoms with van der Waals surface area (Å²) in [6, 6.07) is 7.81. The molecule has 1 aliphatic rings. The Morgan fingerprint density at radius 2 is 1.91 bits per heavy atom. The van der Waals surface area contributed by atoms with Gasteiger partial charge in [-0.05, 0) is 23.8 Å². The molecular weight excluding hydrogens is 321 g/mol. The Morgan fingerprint density at radius 3 is 2.70 bits per heavy atom. The van der Waals surface area contributed by atoms with Crippen molar-refractivity contribution in [2.75, 3.05) is 5.75 Å². The summed E-state index contributed by atoms with van der Waals surface area (Å²) in [6.07, 6.45) is -0.369. The summed E-state index contributed by atoms with van der Waals surface area (Å²) >= 11 is 1.21. The van der Waals surface area contributed by atoms with Crippen LogP contribution in [0.2, 0.25) is 0 Å². The highest BCUT2D eigenvalue weighted by Crippen LogP contribution is 2.30. The molecule has 3 N–H and O–H groups in total. The number of thioether (sulfide) groups is 1. The van der Waals surface area contributed by atoms with Gasteiger partial charge in [-0.25, -0.2) is 4.39 Å². The van der Waals surface area contributed by atoms with Crippen molar-refractivity contribution in [2.24, 2.45) is 0 Å². The number of nitrogens with zero attached hydrogens (tertiary/aromatic N) is 1. The first-order chi connectivity index (χ1) is 11.0. The number of halogens is 1. The summed E-state index contributed by atoms with van der Waals surface area (Å²) in [5.41, 5.74) is 0.631. The first kappa shape index (κ1) is 16.2. The maximum absolute atomic E-state index is 13.3. The van der Waals surface area contributed by atoms with Gasteiger partial charge in [-0.1, -0.05) is 12.1 Å². The van der Waals surface area contributed by atoms with Crippen molar-refractivity contribution in [3.05, 3.63) is 48.5 Å². The molecule has 2 aromatic rings. The number of ether oxygens (including phenoxy) is 1. The highest BCUT2D eigenvalue weighted by atomic mass is 32.2. The van der Waals surface area contributed by atoms with E-state index in [0.717, 1.165) is 0 Å². The zero-order valence-corrected chi connectivity index (χ0v) is 12.9. The van der Waals surface area contributed by atoms with Gasteiger partial charge in [0, 0.05) is 17.5 Å². The molecular formula is C16H16FNO4S. The third-order valence-corrected chi connectivity index (χ3v) is 4.82. The van der Waals surface area contributed by atoms with Gasteiger partial charge in [0.1, 0.15) is 23.8 Å². The molecule has 0 saturated carbocycles. The van der Waals surface area contributed by atoms with E-state index >= 15 is 0 Å². The average molecular weight is 337 g/mol. The molecule has 1 aliphatic heterocycles. The van der Waals surface area contributed by atoms with Crippen LogP contribution in [0, 0.1) is 5.82 Å². The van der Waals surface area contributed by atoms with Gasteiger partial charge in [0.05, 0.1) is 12.3 Å². The molecule has 2 heterocycles. The molecule has 0 bridgehead atoms. The van der Waals surface area contributed by atoms with Crippen LogP contribution >= 0.6 is 11.8 Å². The van der Waals surface area contributed by atoms with Crippen molar-refractivity contribution in [1.82, 2.24) is 4.98 Å². The second-order valence-corrected chi connectivity index (χ2v) is 6.42. The third-order valence-electron chi connectivity index (χ3n) is 3.58. The van der Waals surface area contributed by atoms with Gasteiger partial charge < -0.3 is 20.1 Å². The maximum atomic E-state index is 13.3. The van der Waals surface area contributed by atoms with Gasteiger partial charge in [-0.15, -0.1) is 11.8 Å². The van der Waals surface area contributed by atoms with Crippen LogP contribution in [-0.2, 0) is 0 Å². The Labute approximate surface area is 136 Å². The van der Waals surface area contributed by atoms with Crippen LogP contribution in [0.4, 0.5) is 4.39 Å². The van der Waals surface area contributed by atoms with Gasteiger partial charge in [-0.3, -0.25) is 4.98 Å². The molecule has 1 aromatic carbocycles. The number of hydrogen-bond donors (Lipinski definition) is 3. The number of pyridine rings is 1. The minimum Gasteiger partial charge on any atom is -0.475 e. The average Bonchev–Trinajstić information content (AvgIpc) is 2.56. The smallest absolute Gasteiger partial charge is 0.173 e. The van der Waals surface area contributed by atoms with Crippen LogP contribution in [0.25, 0.3) is 11.1 Å². The Hall–Kier alpha value is -1.67. The second kappa shape index (κ2) is 6.84. The van der Waals surface area contributed by atoms with Gasteiger partial charge >= 0.3 is 0 Å². The lowest BCUT2D eigenvalue weighted by Crippen LogP contribution is -2.50. The number of benzene rings is 1. The van der Waals surface area contributed by atoms with E-state index in [1.165, 1.54) is 30.1 Å². The summed E-state index contributed by atoms with van der Waals surface area (Å²) in [5, 5.41) is 29.2. The van der Waals surface area contributed by atoms with Crippen LogP contribution in [0.5, 0.6) is 5.75 Å². The monoisotopic (exact) mass is 337 g/mol. The molecule has 0 radical (unpaired) electrons. The standard InChI is InChI=1S/C16H16FNO4S/c17-11-3-1-2-9(4-11)10-5-12(7-18-6-10)22-16-15(21)14(20)13(19)8-23-16/h1-7,13-16,19-21H,8H2/t13-,14+,15-,16+/m1/s1. The number of rotatable bonds is 3. The van der Waals surface area contributed by atoms with Gasteiger partial charge in [0.15, 0.2) is 5.44 Å². The Bertz CT molecular complexity index is 687. The fourth-order valence-electron chi connectivity index (χ4n) is 2.33. The molecule has 3 rings (SSSR count). The van der Waals surface area contributed by atoms with Crippen molar-refractivity contribution < 1.29 is 24.4 Å². The highest BCUT2D eigenvalue weighted by Gasteiger charge is 2.38. The van der Waals surface area contributed by atoms with E-state index < -0.39 is 23.7 Å². The largest absolute Gasteiger partial charge is 0.475 e. The lowest BCUT2D eigenvalue weighted by Gasteiger charge is -2.34. The predicted molar refractivity (Wildman–Crippen MR) is 84.5 cm³/mol. The summed E-state index contributed by atoms with van der Waals surface area (Å²) in [6.45, 7) is 0. The molecule has 0 aliphatic carbocycles. The lowest BCUT2D eigenvalue weighted by atomic mass is 10.1. The minimum absolute atomic E-state index is 0.264. The molecule has 122 valence electrons. The number of aliphatic hydroxyl groups excluding tert-OH is 3. The number of aliphatic hydroxyl groups is 3. The lowest BCUT2D eigenvalue weighted by molar-refractivity contribution is -0.0786. The van der Waals surface area contributed by atoms with Gasteiger partial charge in [-0.2, -0.15) is 0 Å². The van der Waals surface area contributed by atoms with E-state index in [0.29, 0.717) is 16.9 Å². The fourth-order valence-corrected chi connectivity index (χ4v) is 3.45. The molecule has 23 heavy (non-hydrogen) atoms. The molecule has 0 amide bonds. The summed E-state index contributed by atoms with van der Waals surface area (Å²) < 4.78 is 19.0. The van der Waals surface area contributed by atoms with E-state index in [1.54, 1.807) is 24.4 Å². The SMILES string of the molecule is O[C@@H]1[C@@H](O)[C@@H](Oc2cncc(-c3cccc(F)c3)c2)SC[C@H]1O. The topological polar surface area (TPSA) is 82.8 Å². The van der Waals surface area contributed by atoms with Crippen molar-refractivity contribution in [3.63, 3.8) is 0 Å². The molecule has 1 fully saturated rings. The minimum atomic E-state index is -1.25. The van der Waals surface area contributed by atoms with E-state index in [9.17, 15) is 19.7 Å². The molecule has 0 spiro atoms. The first-order valence-corrected chi connectivity index (χ1v) is 8.13. The Kier molecular flexibility index (Phi) is 4.82. The summed E-state index contributed by atoms with van der Waals surface area (Å²) in [5.74, 6) is 0.316. The van der Waals surface area contributed by atoms with Crippen LogP contribution in [0.15, 0.2) is 42.7 Å². The molecule has 1 aromatic heterocycles. The van der Waals surface area contributed by atoms with Crippen LogP contribution < -0.4 is 4.74 Å². The molecule has 1 saturated heterocycles. The normalized spacial score (nSPS) is 27.7. The number of hydrogen-bond acceptors (Lipinski definition) is 6. The zero-order chi connectivity index (χ0) is 16.4. The molecule has 7 heteroatoms. The van der Waals surface area contributed by atoms with Gasteiger partial charge in [0.25, 0.3) is 0 Å². The van der Waals surface area contributed by atoms with Gasteiger partial charge in [0.2, 0.25) is 0 Å². The Morgan fingerprint density at radius 1 is 1.09 bits per heavy atom. The first-order valence-electron chi connectivity index (χ1n) is 7.08. The van der Waals surface area contributed by atoms with Crippen molar-refractivity contribution in [1.29, 1.82) is 0 Å². The van der Waals surface area contributed by atoms with Crippen LogP contribution in [-0.4, -0.2) is 49.8 Å². The third kappa shape index (κ3) is 3.64. The molecule has 0 unspecified atom stereocenters. The summed E-state index contributed by atoms with van der Waals surface area (Å²) in [7, 11) is 0. The maximum Gasteiger partial charge on any atom is 0.173 e. The van der Waals surface area contributed by atoms with E-state index in [2.05, 4.69) is 4.98 Å². The zero-order valence-electron chi connectivity index (χ0n) is 12.0. The Balaban J connectivity index is 1.78.